The Morgan fingerprint density at radius 2 is 2.00 bits per heavy atom. The Morgan fingerprint density at radius 3 is 2.54 bits per heavy atom. The molecule has 1 aliphatic carbocycles. The molecule has 6 heteroatoms. The summed E-state index contributed by atoms with van der Waals surface area (Å²) in [7, 11) is 0. The lowest BCUT2D eigenvalue weighted by molar-refractivity contribution is -0.0890. The zero-order chi connectivity index (χ0) is 17.6. The van der Waals surface area contributed by atoms with Crippen molar-refractivity contribution >= 4 is 11.8 Å². The number of phenols is 1. The number of ether oxygens (including phenoxy) is 1. The number of benzene rings is 1. The van der Waals surface area contributed by atoms with Gasteiger partial charge in [-0.2, -0.15) is 13.2 Å². The predicted molar refractivity (Wildman–Crippen MR) is 90.2 cm³/mol. The molecule has 0 radical (unpaired) electrons. The van der Waals surface area contributed by atoms with E-state index in [1.165, 1.54) is 12.2 Å². The van der Waals surface area contributed by atoms with Crippen LogP contribution < -0.4 is 0 Å². The van der Waals surface area contributed by atoms with Gasteiger partial charge in [0.05, 0.1) is 18.3 Å². The van der Waals surface area contributed by atoms with Crippen LogP contribution in [0.5, 0.6) is 5.75 Å². The standard InChI is InChI=1S/C18H21F3O2S/c1-2-13(12-24-17-9-5-15(22)6-10-17)11-23-16-7-3-14(4-8-16)18(19,20)21/h3-7,9-10,13,16,22H,2,8,11-12H2,1H3. The molecule has 0 aromatic heterocycles. The minimum Gasteiger partial charge on any atom is -0.508 e. The molecule has 2 rings (SSSR count). The van der Waals surface area contributed by atoms with E-state index in [-0.39, 0.29) is 18.3 Å². The SMILES string of the molecule is CCC(COC1C=CC(C(F)(F)F)=CC1)CSc1ccc(O)cc1. The molecule has 0 fully saturated rings. The van der Waals surface area contributed by atoms with E-state index in [1.807, 2.05) is 12.1 Å². The Labute approximate surface area is 144 Å². The van der Waals surface area contributed by atoms with Gasteiger partial charge in [0.15, 0.2) is 0 Å². The molecule has 0 aliphatic heterocycles. The molecule has 1 aromatic rings. The second-order valence-corrected chi connectivity index (χ2v) is 6.80. The van der Waals surface area contributed by atoms with E-state index >= 15 is 0 Å². The van der Waals surface area contributed by atoms with Gasteiger partial charge in [-0.1, -0.05) is 31.6 Å². The number of alkyl halides is 3. The molecule has 1 aliphatic rings. The number of aromatic hydroxyl groups is 1. The zero-order valence-electron chi connectivity index (χ0n) is 13.4. The van der Waals surface area contributed by atoms with E-state index in [9.17, 15) is 18.3 Å². The van der Waals surface area contributed by atoms with Crippen molar-refractivity contribution in [3.05, 3.63) is 48.1 Å². The van der Waals surface area contributed by atoms with Crippen molar-refractivity contribution in [2.75, 3.05) is 12.4 Å². The van der Waals surface area contributed by atoms with Crippen LogP contribution in [0.3, 0.4) is 0 Å². The van der Waals surface area contributed by atoms with Gasteiger partial charge in [-0.25, -0.2) is 0 Å². The molecule has 0 saturated carbocycles. The lowest BCUT2D eigenvalue weighted by atomic mass is 10.0. The Kier molecular flexibility index (Phi) is 6.80. The van der Waals surface area contributed by atoms with Crippen LogP contribution in [0.15, 0.2) is 53.0 Å². The van der Waals surface area contributed by atoms with Crippen LogP contribution in [-0.2, 0) is 4.74 Å². The Hall–Kier alpha value is -1.40. The first-order valence-electron chi connectivity index (χ1n) is 7.87. The van der Waals surface area contributed by atoms with Crippen LogP contribution >= 0.6 is 11.8 Å². The van der Waals surface area contributed by atoms with E-state index < -0.39 is 11.7 Å². The normalized spacial score (nSPS) is 19.2. The number of halogens is 3. The maximum Gasteiger partial charge on any atom is 0.416 e. The predicted octanol–water partition coefficient (Wildman–Crippen LogP) is 5.34. The molecule has 2 unspecified atom stereocenters. The first-order chi connectivity index (χ1) is 11.4. The second kappa shape index (κ2) is 8.62. The molecule has 0 bridgehead atoms. The summed E-state index contributed by atoms with van der Waals surface area (Å²) in [5.41, 5.74) is -0.600. The van der Waals surface area contributed by atoms with Crippen molar-refractivity contribution in [2.45, 2.75) is 36.9 Å². The molecule has 24 heavy (non-hydrogen) atoms. The molecule has 0 spiro atoms. The zero-order valence-corrected chi connectivity index (χ0v) is 14.2. The van der Waals surface area contributed by atoms with Crippen molar-refractivity contribution in [3.8, 4) is 5.75 Å². The van der Waals surface area contributed by atoms with E-state index in [0.29, 0.717) is 12.5 Å². The Bertz CT molecular complexity index is 579. The van der Waals surface area contributed by atoms with Crippen LogP contribution in [0.2, 0.25) is 0 Å². The highest BCUT2D eigenvalue weighted by Crippen LogP contribution is 2.30. The fourth-order valence-electron chi connectivity index (χ4n) is 2.23. The molecular formula is C18H21F3O2S. The van der Waals surface area contributed by atoms with Gasteiger partial charge < -0.3 is 9.84 Å². The third-order valence-electron chi connectivity index (χ3n) is 3.83. The van der Waals surface area contributed by atoms with Gasteiger partial charge in [0.25, 0.3) is 0 Å². The smallest absolute Gasteiger partial charge is 0.416 e. The van der Waals surface area contributed by atoms with E-state index in [2.05, 4.69) is 6.92 Å². The van der Waals surface area contributed by atoms with Gasteiger partial charge >= 0.3 is 6.18 Å². The summed E-state index contributed by atoms with van der Waals surface area (Å²) in [5.74, 6) is 1.43. The number of allylic oxidation sites excluding steroid dienone is 2. The molecule has 1 N–H and O–H groups in total. The summed E-state index contributed by atoms with van der Waals surface area (Å²) in [6, 6.07) is 7.02. The minimum absolute atomic E-state index is 0.241. The number of thioether (sulfide) groups is 1. The number of rotatable bonds is 7. The number of hydrogen-bond donors (Lipinski definition) is 1. The highest BCUT2D eigenvalue weighted by Gasteiger charge is 2.33. The number of hydrogen-bond acceptors (Lipinski definition) is 3. The maximum atomic E-state index is 12.5. The van der Waals surface area contributed by atoms with Crippen molar-refractivity contribution in [3.63, 3.8) is 0 Å². The monoisotopic (exact) mass is 358 g/mol. The van der Waals surface area contributed by atoms with E-state index in [4.69, 9.17) is 4.74 Å². The lowest BCUT2D eigenvalue weighted by Gasteiger charge is -2.21. The summed E-state index contributed by atoms with van der Waals surface area (Å²) in [6.45, 7) is 2.59. The summed E-state index contributed by atoms with van der Waals surface area (Å²) in [5, 5.41) is 9.27. The van der Waals surface area contributed by atoms with Crippen molar-refractivity contribution in [1.82, 2.24) is 0 Å². The van der Waals surface area contributed by atoms with Gasteiger partial charge in [0.1, 0.15) is 5.75 Å². The number of phenolic OH excluding ortho intramolecular Hbond substituents is 1. The molecule has 1 aromatic carbocycles. The van der Waals surface area contributed by atoms with E-state index in [0.717, 1.165) is 23.1 Å². The summed E-state index contributed by atoms with van der Waals surface area (Å²) in [6.07, 6.45) is 0.398. The second-order valence-electron chi connectivity index (χ2n) is 5.70. The van der Waals surface area contributed by atoms with Crippen molar-refractivity contribution in [1.29, 1.82) is 0 Å². The summed E-state index contributed by atoms with van der Waals surface area (Å²) in [4.78, 5) is 1.07. The maximum absolute atomic E-state index is 12.5. The average molecular weight is 358 g/mol. The van der Waals surface area contributed by atoms with Crippen LogP contribution in [0.25, 0.3) is 0 Å². The summed E-state index contributed by atoms with van der Waals surface area (Å²) < 4.78 is 43.4. The highest BCUT2D eigenvalue weighted by molar-refractivity contribution is 7.99. The summed E-state index contributed by atoms with van der Waals surface area (Å²) >= 11 is 1.68. The fourth-order valence-corrected chi connectivity index (χ4v) is 3.32. The van der Waals surface area contributed by atoms with Crippen LogP contribution in [-0.4, -0.2) is 29.7 Å². The lowest BCUT2D eigenvalue weighted by Crippen LogP contribution is -2.21. The molecular weight excluding hydrogens is 337 g/mol. The first kappa shape index (κ1) is 18.9. The van der Waals surface area contributed by atoms with Gasteiger partial charge in [0, 0.05) is 10.6 Å². The van der Waals surface area contributed by atoms with Crippen LogP contribution in [0.4, 0.5) is 13.2 Å². The van der Waals surface area contributed by atoms with Gasteiger partial charge in [-0.3, -0.25) is 0 Å². The molecule has 0 amide bonds. The third kappa shape index (κ3) is 5.91. The molecule has 2 nitrogen and oxygen atoms in total. The Balaban J connectivity index is 1.75. The average Bonchev–Trinajstić information content (AvgIpc) is 2.56. The highest BCUT2D eigenvalue weighted by atomic mass is 32.2. The quantitative estimate of drug-likeness (QED) is 0.667. The largest absolute Gasteiger partial charge is 0.508 e. The van der Waals surface area contributed by atoms with Gasteiger partial charge in [-0.05, 0) is 36.6 Å². The fraction of sp³-hybridized carbons (Fsp3) is 0.444. The molecule has 0 heterocycles. The minimum atomic E-state index is -4.28. The van der Waals surface area contributed by atoms with Crippen LogP contribution in [0.1, 0.15) is 19.8 Å². The van der Waals surface area contributed by atoms with E-state index in [1.54, 1.807) is 23.9 Å². The topological polar surface area (TPSA) is 29.5 Å². The van der Waals surface area contributed by atoms with Gasteiger partial charge in [0.2, 0.25) is 0 Å². The molecule has 132 valence electrons. The molecule has 2 atom stereocenters. The first-order valence-corrected chi connectivity index (χ1v) is 8.86. The van der Waals surface area contributed by atoms with Crippen molar-refractivity contribution < 1.29 is 23.0 Å². The third-order valence-corrected chi connectivity index (χ3v) is 5.08. The van der Waals surface area contributed by atoms with Crippen LogP contribution in [0, 0.1) is 5.92 Å². The molecule has 0 saturated heterocycles. The van der Waals surface area contributed by atoms with Gasteiger partial charge in [-0.15, -0.1) is 11.8 Å². The van der Waals surface area contributed by atoms with Crippen molar-refractivity contribution in [2.24, 2.45) is 5.92 Å². The Morgan fingerprint density at radius 1 is 1.29 bits per heavy atom.